The Bertz CT molecular complexity index is 1260. The smallest absolute Gasteiger partial charge is 0.246 e. The number of aromatic hydroxyl groups is 1. The summed E-state index contributed by atoms with van der Waals surface area (Å²) >= 11 is 0. The van der Waals surface area contributed by atoms with Crippen molar-refractivity contribution in [1.82, 2.24) is 9.80 Å². The molecule has 2 aromatic carbocycles. The number of carbonyl (C=O) groups is 1. The Morgan fingerprint density at radius 3 is 2.83 bits per heavy atom. The predicted octanol–water partition coefficient (Wildman–Crippen LogP) is 3.42. The minimum absolute atomic E-state index is 0.0228. The molecule has 1 saturated heterocycles. The van der Waals surface area contributed by atoms with Gasteiger partial charge in [-0.05, 0) is 76.4 Å². The summed E-state index contributed by atoms with van der Waals surface area (Å²) in [6.07, 6.45) is 6.14. The summed E-state index contributed by atoms with van der Waals surface area (Å²) in [5.74, 6) is 0.513. The van der Waals surface area contributed by atoms with Crippen LogP contribution in [0, 0.1) is 6.92 Å². The number of rotatable bonds is 3. The maximum atomic E-state index is 13.4. The highest BCUT2D eigenvalue weighted by Crippen LogP contribution is 2.69. The maximum Gasteiger partial charge on any atom is 0.246 e. The van der Waals surface area contributed by atoms with E-state index in [-0.39, 0.29) is 23.7 Å². The van der Waals surface area contributed by atoms with Crippen LogP contribution in [0.2, 0.25) is 0 Å². The van der Waals surface area contributed by atoms with Crippen LogP contribution in [0.5, 0.6) is 11.5 Å². The maximum absolute atomic E-state index is 13.4. The zero-order chi connectivity index (χ0) is 24.8. The molecule has 4 aliphatic rings. The van der Waals surface area contributed by atoms with Crippen LogP contribution in [0.1, 0.15) is 48.4 Å². The zero-order valence-electron chi connectivity index (χ0n) is 20.9. The van der Waals surface area contributed by atoms with Gasteiger partial charge in [0, 0.05) is 24.7 Å². The highest BCUT2D eigenvalue weighted by Gasteiger charge is 2.77. The summed E-state index contributed by atoms with van der Waals surface area (Å²) in [5, 5.41) is 23.2. The van der Waals surface area contributed by atoms with Crippen molar-refractivity contribution in [3.05, 3.63) is 64.7 Å². The molecule has 184 valence electrons. The summed E-state index contributed by atoms with van der Waals surface area (Å²) in [7, 11) is 3.93. The normalized spacial score (nSPS) is 35.0. The SMILES string of the molecule is Cc1cccc(C=CC(=O)N(C)[C@H]2CC[C@@]3(O)[C@H]4Cc5ccc(O)c6c5[C@@]3(CCN4C)[C@@]2(C)O6)c1. The van der Waals surface area contributed by atoms with Crippen molar-refractivity contribution >= 4 is 12.0 Å². The van der Waals surface area contributed by atoms with Gasteiger partial charge in [-0.2, -0.15) is 0 Å². The van der Waals surface area contributed by atoms with Crippen molar-refractivity contribution in [2.45, 2.75) is 68.2 Å². The van der Waals surface area contributed by atoms with Crippen LogP contribution in [-0.2, 0) is 16.6 Å². The number of carbonyl (C=O) groups excluding carboxylic acids is 1. The van der Waals surface area contributed by atoms with Crippen molar-refractivity contribution in [2.75, 3.05) is 20.6 Å². The molecule has 1 amide bonds. The first kappa shape index (κ1) is 22.6. The third-order valence-electron chi connectivity index (χ3n) is 9.60. The number of ether oxygens (including phenoxy) is 1. The Balaban J connectivity index is 1.42. The standard InChI is InChI=1S/C29H34N2O4/c1-18-6-5-7-19(16-18)8-11-24(33)31(4)22-12-13-29(34)23-17-20-9-10-21(32)26-25(20)28(29,14-15-30(23)3)27(22,2)35-26/h5-11,16,22-23,32,34H,12-15,17H2,1-4H3/t22-,23+,27-,28-,29+/m0/s1. The second kappa shape index (κ2) is 7.34. The number of amides is 1. The van der Waals surface area contributed by atoms with E-state index in [1.54, 1.807) is 17.0 Å². The lowest BCUT2D eigenvalue weighted by Gasteiger charge is -2.67. The lowest BCUT2D eigenvalue weighted by molar-refractivity contribution is -0.226. The van der Waals surface area contributed by atoms with Gasteiger partial charge in [0.05, 0.1) is 17.1 Å². The number of likely N-dealkylation sites (N-methyl/N-ethyl adjacent to an activating group) is 2. The third kappa shape index (κ3) is 2.75. The van der Waals surface area contributed by atoms with E-state index in [9.17, 15) is 15.0 Å². The minimum atomic E-state index is -0.988. The molecule has 2 heterocycles. The number of hydrogen-bond acceptors (Lipinski definition) is 5. The fourth-order valence-electron chi connectivity index (χ4n) is 7.96. The molecule has 0 radical (unpaired) electrons. The quantitative estimate of drug-likeness (QED) is 0.667. The van der Waals surface area contributed by atoms with Gasteiger partial charge in [-0.1, -0.05) is 35.9 Å². The molecular weight excluding hydrogens is 440 g/mol. The highest BCUT2D eigenvalue weighted by atomic mass is 16.5. The second-order valence-electron chi connectivity index (χ2n) is 11.2. The number of piperidine rings is 1. The van der Waals surface area contributed by atoms with E-state index in [1.807, 2.05) is 57.3 Å². The first-order valence-corrected chi connectivity index (χ1v) is 12.6. The molecule has 2 fully saturated rings. The predicted molar refractivity (Wildman–Crippen MR) is 135 cm³/mol. The molecular formula is C29H34N2O4. The fraction of sp³-hybridized carbons (Fsp3) is 0.483. The molecule has 5 atom stereocenters. The van der Waals surface area contributed by atoms with Crippen molar-refractivity contribution in [2.24, 2.45) is 0 Å². The molecule has 2 aliphatic carbocycles. The van der Waals surface area contributed by atoms with Gasteiger partial charge in [-0.15, -0.1) is 0 Å². The lowest BCUT2D eigenvalue weighted by Crippen LogP contribution is -2.81. The topological polar surface area (TPSA) is 73.2 Å². The van der Waals surface area contributed by atoms with E-state index in [1.165, 1.54) is 0 Å². The molecule has 35 heavy (non-hydrogen) atoms. The third-order valence-corrected chi connectivity index (χ3v) is 9.60. The van der Waals surface area contributed by atoms with Gasteiger partial charge < -0.3 is 24.7 Å². The fourth-order valence-corrected chi connectivity index (χ4v) is 7.96. The molecule has 2 aromatic rings. The van der Waals surface area contributed by atoms with Crippen LogP contribution < -0.4 is 4.74 Å². The zero-order valence-corrected chi connectivity index (χ0v) is 20.9. The first-order valence-electron chi connectivity index (χ1n) is 12.6. The molecule has 2 bridgehead atoms. The van der Waals surface area contributed by atoms with Gasteiger partial charge in [0.1, 0.15) is 5.60 Å². The Hall–Kier alpha value is -2.83. The lowest BCUT2D eigenvalue weighted by atomic mass is 9.44. The van der Waals surface area contributed by atoms with E-state index < -0.39 is 16.6 Å². The van der Waals surface area contributed by atoms with Crippen LogP contribution in [0.25, 0.3) is 6.08 Å². The van der Waals surface area contributed by atoms with E-state index in [2.05, 4.69) is 11.9 Å². The molecule has 0 aromatic heterocycles. The number of phenolic OH excluding ortho intramolecular Hbond substituents is 1. The van der Waals surface area contributed by atoms with Gasteiger partial charge in [0.15, 0.2) is 11.5 Å². The van der Waals surface area contributed by atoms with E-state index in [4.69, 9.17) is 4.74 Å². The van der Waals surface area contributed by atoms with Gasteiger partial charge in [-0.3, -0.25) is 4.79 Å². The number of phenols is 1. The largest absolute Gasteiger partial charge is 0.504 e. The molecule has 6 nitrogen and oxygen atoms in total. The Morgan fingerprint density at radius 1 is 1.26 bits per heavy atom. The van der Waals surface area contributed by atoms with Gasteiger partial charge in [-0.25, -0.2) is 0 Å². The summed E-state index contributed by atoms with van der Waals surface area (Å²) < 4.78 is 6.71. The molecule has 2 N–H and O–H groups in total. The van der Waals surface area contributed by atoms with Gasteiger partial charge in [0.2, 0.25) is 5.91 Å². The van der Waals surface area contributed by atoms with Gasteiger partial charge in [0.25, 0.3) is 0 Å². The number of nitrogens with zero attached hydrogens (tertiary/aromatic N) is 2. The summed E-state index contributed by atoms with van der Waals surface area (Å²) in [6, 6.07) is 11.5. The number of likely N-dealkylation sites (tertiary alicyclic amines) is 1. The molecule has 1 saturated carbocycles. The highest BCUT2D eigenvalue weighted by molar-refractivity contribution is 5.92. The molecule has 6 heteroatoms. The van der Waals surface area contributed by atoms with Crippen LogP contribution >= 0.6 is 0 Å². The Labute approximate surface area is 206 Å². The summed E-state index contributed by atoms with van der Waals surface area (Å²) in [4.78, 5) is 17.5. The van der Waals surface area contributed by atoms with E-state index in [0.717, 1.165) is 35.2 Å². The molecule has 1 spiro atoms. The van der Waals surface area contributed by atoms with Crippen LogP contribution in [0.4, 0.5) is 0 Å². The van der Waals surface area contributed by atoms with Crippen molar-refractivity contribution in [1.29, 1.82) is 0 Å². The van der Waals surface area contributed by atoms with Crippen molar-refractivity contribution in [3.8, 4) is 11.5 Å². The minimum Gasteiger partial charge on any atom is -0.504 e. The number of aryl methyl sites for hydroxylation is 1. The van der Waals surface area contributed by atoms with E-state index >= 15 is 0 Å². The van der Waals surface area contributed by atoms with Crippen LogP contribution in [0.15, 0.2) is 42.5 Å². The van der Waals surface area contributed by atoms with Crippen molar-refractivity contribution in [3.63, 3.8) is 0 Å². The Morgan fingerprint density at radius 2 is 2.06 bits per heavy atom. The summed E-state index contributed by atoms with van der Waals surface area (Å²) in [5.41, 5.74) is 1.70. The van der Waals surface area contributed by atoms with Crippen molar-refractivity contribution < 1.29 is 19.7 Å². The van der Waals surface area contributed by atoms with E-state index in [0.29, 0.717) is 25.0 Å². The van der Waals surface area contributed by atoms with Crippen LogP contribution in [-0.4, -0.2) is 69.8 Å². The first-order chi connectivity index (χ1) is 16.6. The second-order valence-corrected chi connectivity index (χ2v) is 11.2. The molecule has 2 aliphatic heterocycles. The average molecular weight is 475 g/mol. The van der Waals surface area contributed by atoms with Crippen LogP contribution in [0.3, 0.4) is 0 Å². The van der Waals surface area contributed by atoms with Gasteiger partial charge >= 0.3 is 0 Å². The average Bonchev–Trinajstić information content (AvgIpc) is 3.10. The summed E-state index contributed by atoms with van der Waals surface area (Å²) in [6.45, 7) is 4.91. The molecule has 0 unspecified atom stereocenters. The number of benzene rings is 2. The molecule has 6 rings (SSSR count). The Kier molecular flexibility index (Phi) is 4.74. The number of aliphatic hydroxyl groups is 1. The monoisotopic (exact) mass is 474 g/mol. The number of hydrogen-bond donors (Lipinski definition) is 2.